The zero-order valence-corrected chi connectivity index (χ0v) is 14.7. The van der Waals surface area contributed by atoms with Crippen LogP contribution >= 0.6 is 0 Å². The molecule has 6 heteroatoms. The molecule has 0 aliphatic carbocycles. The van der Waals surface area contributed by atoms with Gasteiger partial charge in [0, 0.05) is 12.1 Å². The lowest BCUT2D eigenvalue weighted by atomic mass is 10.1. The molecule has 2 aromatic carbocycles. The molecule has 0 aliphatic heterocycles. The number of aromatic nitrogens is 3. The Morgan fingerprint density at radius 3 is 2.50 bits per heavy atom. The molecule has 2 N–H and O–H groups in total. The molecular formula is C20H22N4O2. The molecule has 26 heavy (non-hydrogen) atoms. The lowest BCUT2D eigenvalue weighted by Gasteiger charge is -2.08. The quantitative estimate of drug-likeness (QED) is 0.606. The fraction of sp³-hybridized carbons (Fsp3) is 0.250. The van der Waals surface area contributed by atoms with Gasteiger partial charge in [-0.15, -0.1) is 10.2 Å². The maximum atomic E-state index is 12.2. The molecule has 3 rings (SSSR count). The van der Waals surface area contributed by atoms with Crippen LogP contribution in [0.5, 0.6) is 5.75 Å². The number of aromatic amines is 1. The van der Waals surface area contributed by atoms with Gasteiger partial charge in [-0.25, -0.2) is 0 Å². The van der Waals surface area contributed by atoms with Crippen molar-refractivity contribution in [1.82, 2.24) is 15.2 Å². The van der Waals surface area contributed by atoms with Gasteiger partial charge in [0.15, 0.2) is 0 Å². The van der Waals surface area contributed by atoms with Crippen LogP contribution in [0, 0.1) is 0 Å². The summed E-state index contributed by atoms with van der Waals surface area (Å²) in [5, 5.41) is 11.2. The van der Waals surface area contributed by atoms with E-state index in [4.69, 9.17) is 4.74 Å². The van der Waals surface area contributed by atoms with E-state index in [1.165, 1.54) is 0 Å². The molecule has 0 aliphatic rings. The van der Waals surface area contributed by atoms with Gasteiger partial charge in [0.2, 0.25) is 5.95 Å². The fourth-order valence-corrected chi connectivity index (χ4v) is 2.43. The SMILES string of the molecule is CCCCOc1ccc(Nc2nnc(Cc3ccccc3)c(=O)[nH]2)cc1. The van der Waals surface area contributed by atoms with E-state index < -0.39 is 0 Å². The van der Waals surface area contributed by atoms with Gasteiger partial charge in [0.05, 0.1) is 6.61 Å². The normalized spacial score (nSPS) is 10.5. The third-order valence-corrected chi connectivity index (χ3v) is 3.86. The summed E-state index contributed by atoms with van der Waals surface area (Å²) in [5.74, 6) is 1.13. The lowest BCUT2D eigenvalue weighted by molar-refractivity contribution is 0.309. The number of H-pyrrole nitrogens is 1. The first-order valence-corrected chi connectivity index (χ1v) is 8.74. The maximum Gasteiger partial charge on any atom is 0.274 e. The molecule has 134 valence electrons. The minimum absolute atomic E-state index is 0.245. The number of hydrogen-bond donors (Lipinski definition) is 2. The lowest BCUT2D eigenvalue weighted by Crippen LogP contribution is -2.18. The van der Waals surface area contributed by atoms with E-state index in [0.29, 0.717) is 24.7 Å². The minimum atomic E-state index is -0.245. The molecule has 0 saturated carbocycles. The summed E-state index contributed by atoms with van der Waals surface area (Å²) < 4.78 is 5.63. The molecule has 0 amide bonds. The molecule has 0 fully saturated rings. The number of nitrogens with zero attached hydrogens (tertiary/aromatic N) is 2. The van der Waals surface area contributed by atoms with Crippen molar-refractivity contribution in [3.63, 3.8) is 0 Å². The Hall–Kier alpha value is -3.15. The second-order valence-corrected chi connectivity index (χ2v) is 5.96. The highest BCUT2D eigenvalue weighted by molar-refractivity contribution is 5.54. The van der Waals surface area contributed by atoms with Crippen molar-refractivity contribution in [3.8, 4) is 5.75 Å². The number of anilines is 2. The molecule has 6 nitrogen and oxygen atoms in total. The molecule has 1 aromatic heterocycles. The smallest absolute Gasteiger partial charge is 0.274 e. The number of hydrogen-bond acceptors (Lipinski definition) is 5. The van der Waals surface area contributed by atoms with E-state index in [2.05, 4.69) is 27.4 Å². The number of ether oxygens (including phenoxy) is 1. The second-order valence-electron chi connectivity index (χ2n) is 5.96. The Kier molecular flexibility index (Phi) is 5.98. The van der Waals surface area contributed by atoms with Gasteiger partial charge < -0.3 is 10.1 Å². The zero-order chi connectivity index (χ0) is 18.2. The Balaban J connectivity index is 1.63. The number of unbranched alkanes of at least 4 members (excludes halogenated alkanes) is 1. The predicted molar refractivity (Wildman–Crippen MR) is 102 cm³/mol. The van der Waals surface area contributed by atoms with Crippen molar-refractivity contribution >= 4 is 11.6 Å². The highest BCUT2D eigenvalue weighted by Crippen LogP contribution is 2.18. The first-order valence-electron chi connectivity index (χ1n) is 8.74. The fourth-order valence-electron chi connectivity index (χ4n) is 2.43. The molecule has 0 radical (unpaired) electrons. The van der Waals surface area contributed by atoms with Crippen LogP contribution in [0.2, 0.25) is 0 Å². The largest absolute Gasteiger partial charge is 0.494 e. The van der Waals surface area contributed by atoms with Crippen LogP contribution in [0.1, 0.15) is 31.0 Å². The third kappa shape index (κ3) is 4.92. The summed E-state index contributed by atoms with van der Waals surface area (Å²) in [7, 11) is 0. The highest BCUT2D eigenvalue weighted by atomic mass is 16.5. The van der Waals surface area contributed by atoms with Crippen LogP contribution in [0.25, 0.3) is 0 Å². The van der Waals surface area contributed by atoms with Crippen LogP contribution in [-0.4, -0.2) is 21.8 Å². The number of nitrogens with one attached hydrogen (secondary N) is 2. The van der Waals surface area contributed by atoms with Crippen LogP contribution in [0.4, 0.5) is 11.6 Å². The third-order valence-electron chi connectivity index (χ3n) is 3.86. The predicted octanol–water partition coefficient (Wildman–Crippen LogP) is 3.68. The first-order chi connectivity index (χ1) is 12.7. The number of benzene rings is 2. The molecule has 1 heterocycles. The van der Waals surface area contributed by atoms with Crippen molar-refractivity contribution in [1.29, 1.82) is 0 Å². The van der Waals surface area contributed by atoms with Crippen LogP contribution in [-0.2, 0) is 6.42 Å². The van der Waals surface area contributed by atoms with E-state index >= 15 is 0 Å². The minimum Gasteiger partial charge on any atom is -0.494 e. The van der Waals surface area contributed by atoms with E-state index in [1.807, 2.05) is 54.6 Å². The summed E-state index contributed by atoms with van der Waals surface area (Å²) in [6.45, 7) is 2.84. The molecule has 0 saturated heterocycles. The van der Waals surface area contributed by atoms with E-state index in [0.717, 1.165) is 29.8 Å². The van der Waals surface area contributed by atoms with E-state index in [9.17, 15) is 4.79 Å². The summed E-state index contributed by atoms with van der Waals surface area (Å²) in [6.07, 6.45) is 2.59. The van der Waals surface area contributed by atoms with Gasteiger partial charge in [0.1, 0.15) is 11.4 Å². The molecule has 0 bridgehead atoms. The van der Waals surface area contributed by atoms with Crippen molar-refractivity contribution < 1.29 is 4.74 Å². The van der Waals surface area contributed by atoms with Gasteiger partial charge in [-0.05, 0) is 36.2 Å². The average Bonchev–Trinajstić information content (AvgIpc) is 2.66. The van der Waals surface area contributed by atoms with E-state index in [-0.39, 0.29) is 5.56 Å². The number of rotatable bonds is 8. The second kappa shape index (κ2) is 8.80. The van der Waals surface area contributed by atoms with Crippen molar-refractivity contribution in [2.24, 2.45) is 0 Å². The highest BCUT2D eigenvalue weighted by Gasteiger charge is 2.06. The van der Waals surface area contributed by atoms with Gasteiger partial charge in [-0.2, -0.15) is 0 Å². The molecule has 0 unspecified atom stereocenters. The molecule has 0 atom stereocenters. The first kappa shape index (κ1) is 17.7. The standard InChI is InChI=1S/C20H22N4O2/c1-2-3-13-26-17-11-9-16(10-12-17)21-20-22-19(25)18(23-24-20)14-15-7-5-4-6-8-15/h4-12H,2-3,13-14H2,1H3,(H2,21,22,24,25). The monoisotopic (exact) mass is 350 g/mol. The van der Waals surface area contributed by atoms with Crippen LogP contribution < -0.4 is 15.6 Å². The van der Waals surface area contributed by atoms with Crippen molar-refractivity contribution in [3.05, 3.63) is 76.2 Å². The Morgan fingerprint density at radius 2 is 1.81 bits per heavy atom. The van der Waals surface area contributed by atoms with Gasteiger partial charge in [-0.3, -0.25) is 9.78 Å². The van der Waals surface area contributed by atoms with Gasteiger partial charge in [0.25, 0.3) is 5.56 Å². The van der Waals surface area contributed by atoms with Crippen molar-refractivity contribution in [2.75, 3.05) is 11.9 Å². The Labute approximate surface area is 152 Å². The topological polar surface area (TPSA) is 79.9 Å². The summed E-state index contributed by atoms with van der Waals surface area (Å²) in [6, 6.07) is 17.2. The van der Waals surface area contributed by atoms with Gasteiger partial charge in [-0.1, -0.05) is 43.7 Å². The molecule has 3 aromatic rings. The summed E-state index contributed by atoms with van der Waals surface area (Å²) in [5.41, 5.74) is 1.97. The van der Waals surface area contributed by atoms with Crippen molar-refractivity contribution in [2.45, 2.75) is 26.2 Å². The molecular weight excluding hydrogens is 328 g/mol. The van der Waals surface area contributed by atoms with Gasteiger partial charge >= 0.3 is 0 Å². The maximum absolute atomic E-state index is 12.2. The molecule has 0 spiro atoms. The zero-order valence-electron chi connectivity index (χ0n) is 14.7. The Bertz CT molecular complexity index is 876. The Morgan fingerprint density at radius 1 is 1.04 bits per heavy atom. The summed E-state index contributed by atoms with van der Waals surface area (Å²) in [4.78, 5) is 14.9. The average molecular weight is 350 g/mol. The van der Waals surface area contributed by atoms with E-state index in [1.54, 1.807) is 0 Å². The van der Waals surface area contributed by atoms with Crippen LogP contribution in [0.15, 0.2) is 59.4 Å². The van der Waals surface area contributed by atoms with Crippen LogP contribution in [0.3, 0.4) is 0 Å². The summed E-state index contributed by atoms with van der Waals surface area (Å²) >= 11 is 0.